The molecule has 0 saturated heterocycles. The van der Waals surface area contributed by atoms with Crippen molar-refractivity contribution in [3.05, 3.63) is 39.7 Å². The molecule has 8 nitrogen and oxygen atoms in total. The highest BCUT2D eigenvalue weighted by Gasteiger charge is 2.22. The lowest BCUT2D eigenvalue weighted by molar-refractivity contribution is -0.385. The fourth-order valence-electron chi connectivity index (χ4n) is 1.23. The number of halogens is 1. The van der Waals surface area contributed by atoms with Crippen LogP contribution in [0.1, 0.15) is 10.4 Å². The number of primary amides is 1. The van der Waals surface area contributed by atoms with Gasteiger partial charge in [-0.25, -0.2) is 4.39 Å². The van der Waals surface area contributed by atoms with Crippen LogP contribution in [0.25, 0.3) is 0 Å². The lowest BCUT2D eigenvalue weighted by Gasteiger charge is -2.08. The van der Waals surface area contributed by atoms with E-state index in [1.54, 1.807) is 0 Å². The summed E-state index contributed by atoms with van der Waals surface area (Å²) in [5, 5.41) is 21.8. The predicted octanol–water partition coefficient (Wildman–Crippen LogP) is -0.690. The van der Waals surface area contributed by atoms with Gasteiger partial charge < -0.3 is 16.2 Å². The minimum atomic E-state index is -1.61. The molecule has 1 rings (SSSR count). The highest BCUT2D eigenvalue weighted by molar-refractivity contribution is 5.98. The molecule has 1 aromatic carbocycles. The van der Waals surface area contributed by atoms with Gasteiger partial charge in [-0.3, -0.25) is 19.7 Å². The quantitative estimate of drug-likeness (QED) is 0.481. The summed E-state index contributed by atoms with van der Waals surface area (Å²) in [5.41, 5.74) is 3.66. The van der Waals surface area contributed by atoms with E-state index in [0.29, 0.717) is 6.07 Å². The van der Waals surface area contributed by atoms with E-state index in [4.69, 9.17) is 10.8 Å². The molecule has 102 valence electrons. The van der Waals surface area contributed by atoms with Crippen LogP contribution in [0.2, 0.25) is 0 Å². The number of carbonyl (C=O) groups is 2. The average molecular weight is 271 g/mol. The molecular weight excluding hydrogens is 261 g/mol. The van der Waals surface area contributed by atoms with E-state index in [2.05, 4.69) is 5.32 Å². The zero-order valence-corrected chi connectivity index (χ0v) is 9.50. The Morgan fingerprint density at radius 1 is 1.53 bits per heavy atom. The average Bonchev–Trinajstić information content (AvgIpc) is 2.35. The van der Waals surface area contributed by atoms with E-state index in [9.17, 15) is 24.1 Å². The minimum Gasteiger partial charge on any atom is -0.381 e. The number of carbonyl (C=O) groups excluding carboxylic acids is 2. The normalized spacial score (nSPS) is 11.7. The number of nitrogens with two attached hydrogens (primary N) is 1. The Bertz CT molecular complexity index is 534. The number of amides is 2. The summed E-state index contributed by atoms with van der Waals surface area (Å²) >= 11 is 0. The number of nitro benzene ring substituents is 1. The first kappa shape index (κ1) is 14.5. The van der Waals surface area contributed by atoms with Gasteiger partial charge in [0.15, 0.2) is 0 Å². The molecule has 0 radical (unpaired) electrons. The lowest BCUT2D eigenvalue weighted by atomic mass is 10.1. The van der Waals surface area contributed by atoms with Crippen molar-refractivity contribution in [2.75, 3.05) is 6.54 Å². The van der Waals surface area contributed by atoms with Crippen molar-refractivity contribution in [1.29, 1.82) is 0 Å². The Balaban J connectivity index is 2.88. The number of nitrogens with zero attached hydrogens (tertiary/aromatic N) is 1. The zero-order valence-electron chi connectivity index (χ0n) is 9.50. The second kappa shape index (κ2) is 5.87. The molecule has 1 unspecified atom stereocenters. The molecule has 4 N–H and O–H groups in total. The van der Waals surface area contributed by atoms with Gasteiger partial charge in [0.25, 0.3) is 11.6 Å². The summed E-state index contributed by atoms with van der Waals surface area (Å²) in [6.45, 7) is -0.497. The van der Waals surface area contributed by atoms with Gasteiger partial charge in [-0.1, -0.05) is 0 Å². The van der Waals surface area contributed by atoms with Crippen LogP contribution >= 0.6 is 0 Å². The van der Waals surface area contributed by atoms with Crippen LogP contribution in [0, 0.1) is 15.9 Å². The Labute approximate surface area is 106 Å². The number of nitrogens with one attached hydrogen (secondary N) is 1. The number of aliphatic hydroxyl groups is 1. The molecule has 9 heteroatoms. The SMILES string of the molecule is NC(=O)C(O)CNC(=O)c1ccc(F)cc1[N+](=O)[O-]. The summed E-state index contributed by atoms with van der Waals surface area (Å²) in [4.78, 5) is 31.9. The van der Waals surface area contributed by atoms with E-state index in [0.717, 1.165) is 12.1 Å². The van der Waals surface area contributed by atoms with Crippen molar-refractivity contribution in [3.63, 3.8) is 0 Å². The third-order valence-electron chi connectivity index (χ3n) is 2.19. The molecule has 0 spiro atoms. The number of nitro groups is 1. The molecule has 0 bridgehead atoms. The topological polar surface area (TPSA) is 136 Å². The summed E-state index contributed by atoms with van der Waals surface area (Å²) in [6.07, 6.45) is -1.61. The van der Waals surface area contributed by atoms with Gasteiger partial charge in [0.2, 0.25) is 5.91 Å². The largest absolute Gasteiger partial charge is 0.381 e. The Kier molecular flexibility index (Phi) is 4.48. The maximum absolute atomic E-state index is 12.9. The van der Waals surface area contributed by atoms with Crippen LogP contribution in [-0.4, -0.2) is 34.5 Å². The Morgan fingerprint density at radius 3 is 2.68 bits per heavy atom. The summed E-state index contributed by atoms with van der Waals surface area (Å²) < 4.78 is 12.9. The molecule has 1 aromatic rings. The van der Waals surface area contributed by atoms with Gasteiger partial charge in [0.05, 0.1) is 17.5 Å². The van der Waals surface area contributed by atoms with Gasteiger partial charge in [-0.05, 0) is 12.1 Å². The molecule has 0 saturated carbocycles. The number of rotatable bonds is 5. The smallest absolute Gasteiger partial charge is 0.285 e. The molecular formula is C10H10FN3O5. The maximum atomic E-state index is 12.9. The molecule has 2 amide bonds. The number of hydrogen-bond acceptors (Lipinski definition) is 5. The maximum Gasteiger partial charge on any atom is 0.285 e. The van der Waals surface area contributed by atoms with Gasteiger partial charge in [-0.2, -0.15) is 0 Å². The lowest BCUT2D eigenvalue weighted by Crippen LogP contribution is -2.40. The summed E-state index contributed by atoms with van der Waals surface area (Å²) in [6, 6.07) is 2.41. The number of hydrogen-bond donors (Lipinski definition) is 3. The van der Waals surface area contributed by atoms with E-state index in [-0.39, 0.29) is 5.56 Å². The van der Waals surface area contributed by atoms with Gasteiger partial charge in [0, 0.05) is 0 Å². The van der Waals surface area contributed by atoms with Crippen molar-refractivity contribution in [3.8, 4) is 0 Å². The zero-order chi connectivity index (χ0) is 14.6. The van der Waals surface area contributed by atoms with Crippen molar-refractivity contribution in [1.82, 2.24) is 5.32 Å². The van der Waals surface area contributed by atoms with Crippen LogP contribution in [0.4, 0.5) is 10.1 Å². The molecule has 1 atom stereocenters. The molecule has 0 fully saturated rings. The van der Waals surface area contributed by atoms with E-state index in [1.165, 1.54) is 0 Å². The van der Waals surface area contributed by atoms with Crippen LogP contribution in [0.3, 0.4) is 0 Å². The first-order valence-electron chi connectivity index (χ1n) is 5.02. The van der Waals surface area contributed by atoms with Gasteiger partial charge in [-0.15, -0.1) is 0 Å². The standard InChI is InChI=1S/C10H10FN3O5/c11-5-1-2-6(7(3-5)14(18)19)10(17)13-4-8(15)9(12)16/h1-3,8,15H,4H2,(H2,12,16)(H,13,17). The second-order valence-corrected chi connectivity index (χ2v) is 3.55. The molecule has 0 aliphatic heterocycles. The van der Waals surface area contributed by atoms with Gasteiger partial charge >= 0.3 is 0 Å². The van der Waals surface area contributed by atoms with Crippen molar-refractivity contribution in [2.45, 2.75) is 6.10 Å². The Hall–Kier alpha value is -2.55. The first-order valence-corrected chi connectivity index (χ1v) is 5.02. The minimum absolute atomic E-state index is 0.386. The van der Waals surface area contributed by atoms with E-state index >= 15 is 0 Å². The van der Waals surface area contributed by atoms with Crippen molar-refractivity contribution >= 4 is 17.5 Å². The number of benzene rings is 1. The molecule has 0 heterocycles. The summed E-state index contributed by atoms with van der Waals surface area (Å²) in [7, 11) is 0. The fraction of sp³-hybridized carbons (Fsp3) is 0.200. The fourth-order valence-corrected chi connectivity index (χ4v) is 1.23. The molecule has 19 heavy (non-hydrogen) atoms. The van der Waals surface area contributed by atoms with Crippen LogP contribution in [0.5, 0.6) is 0 Å². The monoisotopic (exact) mass is 271 g/mol. The van der Waals surface area contributed by atoms with Crippen molar-refractivity contribution in [2.24, 2.45) is 5.73 Å². The van der Waals surface area contributed by atoms with Crippen LogP contribution in [0.15, 0.2) is 18.2 Å². The Morgan fingerprint density at radius 2 is 2.16 bits per heavy atom. The van der Waals surface area contributed by atoms with Crippen LogP contribution < -0.4 is 11.1 Å². The molecule has 0 aliphatic rings. The first-order chi connectivity index (χ1) is 8.82. The summed E-state index contributed by atoms with van der Waals surface area (Å²) in [5.74, 6) is -2.83. The highest BCUT2D eigenvalue weighted by Crippen LogP contribution is 2.19. The van der Waals surface area contributed by atoms with E-state index < -0.39 is 40.9 Å². The molecule has 0 aromatic heterocycles. The van der Waals surface area contributed by atoms with E-state index in [1.807, 2.05) is 0 Å². The van der Waals surface area contributed by atoms with Crippen LogP contribution in [-0.2, 0) is 4.79 Å². The molecule has 0 aliphatic carbocycles. The third-order valence-corrected chi connectivity index (χ3v) is 2.19. The van der Waals surface area contributed by atoms with Gasteiger partial charge in [0.1, 0.15) is 17.5 Å². The second-order valence-electron chi connectivity index (χ2n) is 3.55. The van der Waals surface area contributed by atoms with Crippen molar-refractivity contribution < 1.29 is 24.0 Å². The highest BCUT2D eigenvalue weighted by atomic mass is 19.1. The predicted molar refractivity (Wildman–Crippen MR) is 60.6 cm³/mol. The number of aliphatic hydroxyl groups excluding tert-OH is 1. The third kappa shape index (κ3) is 3.71.